The summed E-state index contributed by atoms with van der Waals surface area (Å²) in [4.78, 5) is 16.3. The molecular weight excluding hydrogens is 338 g/mol. The molecule has 4 aromatic rings. The Morgan fingerprint density at radius 1 is 1.04 bits per heavy atom. The smallest absolute Gasteiger partial charge is 0.319 e. The van der Waals surface area contributed by atoms with E-state index in [-0.39, 0.29) is 12.1 Å². The quantitative estimate of drug-likeness (QED) is 0.572. The van der Waals surface area contributed by atoms with Crippen molar-refractivity contribution in [2.24, 2.45) is 0 Å². The van der Waals surface area contributed by atoms with Gasteiger partial charge in [-0.1, -0.05) is 18.2 Å². The number of fused-ring (bicyclic) bond motifs is 1. The number of hydrogen-bond donors (Lipinski definition) is 2. The van der Waals surface area contributed by atoms with Gasteiger partial charge < -0.3 is 10.6 Å². The van der Waals surface area contributed by atoms with Crippen molar-refractivity contribution in [2.75, 3.05) is 5.32 Å². The Hall–Kier alpha value is -3.67. The van der Waals surface area contributed by atoms with Gasteiger partial charge in [-0.25, -0.2) is 9.48 Å². The Bertz CT molecular complexity index is 1060. The van der Waals surface area contributed by atoms with E-state index in [1.807, 2.05) is 78.5 Å². The van der Waals surface area contributed by atoms with E-state index in [1.165, 1.54) is 0 Å². The number of carbonyl (C=O) groups excluding carboxylic acids is 1. The van der Waals surface area contributed by atoms with E-state index in [0.717, 1.165) is 22.2 Å². The van der Waals surface area contributed by atoms with Gasteiger partial charge in [0.05, 0.1) is 17.2 Å². The van der Waals surface area contributed by atoms with Crippen molar-refractivity contribution >= 4 is 22.6 Å². The SMILES string of the molecule is CC(NC(=O)Nc1ccc2cn(-c3ccccc3)nc2c1)c1ccncc1. The fraction of sp³-hybridized carbons (Fsp3) is 0.0952. The first-order valence-electron chi connectivity index (χ1n) is 8.71. The van der Waals surface area contributed by atoms with Crippen molar-refractivity contribution in [1.82, 2.24) is 20.1 Å². The van der Waals surface area contributed by atoms with Gasteiger partial charge in [-0.15, -0.1) is 0 Å². The van der Waals surface area contributed by atoms with Gasteiger partial charge in [-0.3, -0.25) is 4.98 Å². The van der Waals surface area contributed by atoms with Crippen LogP contribution in [-0.4, -0.2) is 20.8 Å². The van der Waals surface area contributed by atoms with Crippen molar-refractivity contribution < 1.29 is 4.79 Å². The molecule has 0 saturated carbocycles. The predicted molar refractivity (Wildman–Crippen MR) is 106 cm³/mol. The average molecular weight is 357 g/mol. The van der Waals surface area contributed by atoms with Gasteiger partial charge in [0.25, 0.3) is 0 Å². The Kier molecular flexibility index (Phi) is 4.53. The van der Waals surface area contributed by atoms with Crippen LogP contribution in [0.25, 0.3) is 16.6 Å². The number of nitrogens with zero attached hydrogens (tertiary/aromatic N) is 3. The van der Waals surface area contributed by atoms with Crippen molar-refractivity contribution in [3.63, 3.8) is 0 Å². The fourth-order valence-electron chi connectivity index (χ4n) is 2.91. The summed E-state index contributed by atoms with van der Waals surface area (Å²) in [5, 5.41) is 11.4. The van der Waals surface area contributed by atoms with E-state index in [2.05, 4.69) is 20.7 Å². The summed E-state index contributed by atoms with van der Waals surface area (Å²) < 4.78 is 1.83. The molecule has 0 aliphatic rings. The molecule has 0 bridgehead atoms. The van der Waals surface area contributed by atoms with Crippen molar-refractivity contribution in [1.29, 1.82) is 0 Å². The van der Waals surface area contributed by atoms with Crippen LogP contribution in [0, 0.1) is 0 Å². The summed E-state index contributed by atoms with van der Waals surface area (Å²) in [6.07, 6.45) is 5.39. The second-order valence-electron chi connectivity index (χ2n) is 6.28. The second kappa shape index (κ2) is 7.29. The zero-order valence-electron chi connectivity index (χ0n) is 14.8. The van der Waals surface area contributed by atoms with Gasteiger partial charge in [0.15, 0.2) is 0 Å². The van der Waals surface area contributed by atoms with E-state index < -0.39 is 0 Å². The monoisotopic (exact) mass is 357 g/mol. The molecule has 1 atom stereocenters. The number of hydrogen-bond acceptors (Lipinski definition) is 3. The molecule has 2 aromatic carbocycles. The maximum Gasteiger partial charge on any atom is 0.319 e. The van der Waals surface area contributed by atoms with E-state index in [0.29, 0.717) is 5.69 Å². The molecular formula is C21H19N5O. The van der Waals surface area contributed by atoms with Crippen LogP contribution < -0.4 is 10.6 Å². The Labute approximate surface area is 156 Å². The normalized spacial score (nSPS) is 11.9. The van der Waals surface area contributed by atoms with Crippen LogP contribution in [0.1, 0.15) is 18.5 Å². The van der Waals surface area contributed by atoms with E-state index >= 15 is 0 Å². The lowest BCUT2D eigenvalue weighted by Gasteiger charge is -2.14. The van der Waals surface area contributed by atoms with Gasteiger partial charge in [0.2, 0.25) is 0 Å². The van der Waals surface area contributed by atoms with Gasteiger partial charge in [0.1, 0.15) is 0 Å². The topological polar surface area (TPSA) is 71.8 Å². The highest BCUT2D eigenvalue weighted by molar-refractivity contribution is 5.92. The number of nitrogens with one attached hydrogen (secondary N) is 2. The molecule has 2 N–H and O–H groups in total. The standard InChI is InChI=1S/C21H19N5O/c1-15(16-9-11-22-12-10-16)23-21(27)24-18-8-7-17-14-26(25-20(17)13-18)19-5-3-2-4-6-19/h2-15H,1H3,(H2,23,24,27). The van der Waals surface area contributed by atoms with Crippen LogP contribution in [0.3, 0.4) is 0 Å². The lowest BCUT2D eigenvalue weighted by atomic mass is 10.1. The number of carbonyl (C=O) groups is 1. The molecule has 2 heterocycles. The summed E-state index contributed by atoms with van der Waals surface area (Å²) in [5.74, 6) is 0. The third-order valence-electron chi connectivity index (χ3n) is 4.34. The van der Waals surface area contributed by atoms with Gasteiger partial charge in [-0.05, 0) is 55.0 Å². The first-order valence-corrected chi connectivity index (χ1v) is 8.71. The summed E-state index contributed by atoms with van der Waals surface area (Å²) in [6, 6.07) is 19.0. The maximum atomic E-state index is 12.3. The highest BCUT2D eigenvalue weighted by Crippen LogP contribution is 2.20. The number of anilines is 1. The molecule has 6 nitrogen and oxygen atoms in total. The van der Waals surface area contributed by atoms with Crippen LogP contribution in [-0.2, 0) is 0 Å². The highest BCUT2D eigenvalue weighted by Gasteiger charge is 2.10. The molecule has 2 aromatic heterocycles. The third-order valence-corrected chi connectivity index (χ3v) is 4.34. The highest BCUT2D eigenvalue weighted by atomic mass is 16.2. The Balaban J connectivity index is 1.48. The zero-order valence-corrected chi connectivity index (χ0v) is 14.8. The van der Waals surface area contributed by atoms with Crippen molar-refractivity contribution in [2.45, 2.75) is 13.0 Å². The van der Waals surface area contributed by atoms with Gasteiger partial charge in [0, 0.05) is 29.7 Å². The molecule has 4 rings (SSSR count). The number of amides is 2. The number of urea groups is 1. The molecule has 1 unspecified atom stereocenters. The minimum Gasteiger partial charge on any atom is -0.331 e. The Morgan fingerprint density at radius 2 is 1.81 bits per heavy atom. The first kappa shape index (κ1) is 16.8. The Morgan fingerprint density at radius 3 is 2.59 bits per heavy atom. The molecule has 0 radical (unpaired) electrons. The number of aromatic nitrogens is 3. The van der Waals surface area contributed by atoms with Crippen LogP contribution in [0.2, 0.25) is 0 Å². The summed E-state index contributed by atoms with van der Waals surface area (Å²) >= 11 is 0. The van der Waals surface area contributed by atoms with Crippen LogP contribution in [0.5, 0.6) is 0 Å². The lowest BCUT2D eigenvalue weighted by molar-refractivity contribution is 0.249. The largest absolute Gasteiger partial charge is 0.331 e. The molecule has 0 spiro atoms. The third kappa shape index (κ3) is 3.79. The summed E-state index contributed by atoms with van der Waals surface area (Å²) in [7, 11) is 0. The lowest BCUT2D eigenvalue weighted by Crippen LogP contribution is -2.31. The molecule has 6 heteroatoms. The van der Waals surface area contributed by atoms with Gasteiger partial charge >= 0.3 is 6.03 Å². The first-order chi connectivity index (χ1) is 13.2. The fourth-order valence-corrected chi connectivity index (χ4v) is 2.91. The van der Waals surface area contributed by atoms with Crippen molar-refractivity contribution in [3.05, 3.63) is 84.8 Å². The van der Waals surface area contributed by atoms with E-state index in [9.17, 15) is 4.79 Å². The number of benzene rings is 2. The van der Waals surface area contributed by atoms with Crippen LogP contribution in [0.15, 0.2) is 79.3 Å². The molecule has 27 heavy (non-hydrogen) atoms. The molecule has 0 aliphatic carbocycles. The number of para-hydroxylation sites is 1. The molecule has 134 valence electrons. The van der Waals surface area contributed by atoms with Crippen LogP contribution >= 0.6 is 0 Å². The van der Waals surface area contributed by atoms with Gasteiger partial charge in [-0.2, -0.15) is 5.10 Å². The number of pyridine rings is 1. The second-order valence-corrected chi connectivity index (χ2v) is 6.28. The maximum absolute atomic E-state index is 12.3. The average Bonchev–Trinajstić information content (AvgIpc) is 3.12. The predicted octanol–water partition coefficient (Wildman–Crippen LogP) is 4.30. The molecule has 2 amide bonds. The molecule has 0 fully saturated rings. The zero-order chi connectivity index (χ0) is 18.6. The van der Waals surface area contributed by atoms with E-state index in [1.54, 1.807) is 12.4 Å². The number of rotatable bonds is 4. The van der Waals surface area contributed by atoms with E-state index in [4.69, 9.17) is 0 Å². The minimum absolute atomic E-state index is 0.117. The molecule has 0 saturated heterocycles. The summed E-state index contributed by atoms with van der Waals surface area (Å²) in [5.41, 5.74) is 3.50. The van der Waals surface area contributed by atoms with Crippen LogP contribution in [0.4, 0.5) is 10.5 Å². The molecule has 0 aliphatic heterocycles. The summed E-state index contributed by atoms with van der Waals surface area (Å²) in [6.45, 7) is 1.93. The minimum atomic E-state index is -0.263. The van der Waals surface area contributed by atoms with Crippen molar-refractivity contribution in [3.8, 4) is 5.69 Å².